The molecular formula is C11H17NO6. The highest BCUT2D eigenvalue weighted by Gasteiger charge is 2.44. The Balaban J connectivity index is 2.75. The quantitative estimate of drug-likeness (QED) is 0.754. The first-order valence-electron chi connectivity index (χ1n) is 5.55. The monoisotopic (exact) mass is 259 g/mol. The normalized spacial score (nSPS) is 23.8. The highest BCUT2D eigenvalue weighted by molar-refractivity contribution is 5.83. The highest BCUT2D eigenvalue weighted by atomic mass is 16.6. The lowest BCUT2D eigenvalue weighted by molar-refractivity contribution is -0.151. The van der Waals surface area contributed by atoms with Crippen molar-refractivity contribution in [1.29, 1.82) is 0 Å². The first-order valence-corrected chi connectivity index (χ1v) is 5.55. The summed E-state index contributed by atoms with van der Waals surface area (Å²) in [5.74, 6) is -4.60. The molecule has 1 aliphatic rings. The molecule has 1 unspecified atom stereocenters. The predicted molar refractivity (Wildman–Crippen MR) is 60.1 cm³/mol. The van der Waals surface area contributed by atoms with Crippen molar-refractivity contribution in [2.45, 2.75) is 26.4 Å². The summed E-state index contributed by atoms with van der Waals surface area (Å²) in [6, 6.07) is 0. The van der Waals surface area contributed by atoms with Crippen LogP contribution in [-0.2, 0) is 14.3 Å². The van der Waals surface area contributed by atoms with Crippen LogP contribution < -0.4 is 0 Å². The van der Waals surface area contributed by atoms with Gasteiger partial charge in [-0.25, -0.2) is 4.79 Å². The SMILES string of the molecule is CC(C)(C)OC(=O)N1CC(C(=O)O)[C@H](C(=O)O)C1. The van der Waals surface area contributed by atoms with E-state index in [0.29, 0.717) is 0 Å². The summed E-state index contributed by atoms with van der Waals surface area (Å²) in [5, 5.41) is 17.8. The molecule has 7 nitrogen and oxygen atoms in total. The summed E-state index contributed by atoms with van der Waals surface area (Å²) >= 11 is 0. The maximum absolute atomic E-state index is 11.7. The van der Waals surface area contributed by atoms with Gasteiger partial charge in [0.2, 0.25) is 0 Å². The van der Waals surface area contributed by atoms with Crippen LogP contribution in [0.3, 0.4) is 0 Å². The first kappa shape index (κ1) is 14.3. The lowest BCUT2D eigenvalue weighted by Crippen LogP contribution is -2.36. The molecule has 0 aromatic rings. The Kier molecular flexibility index (Phi) is 3.83. The lowest BCUT2D eigenvalue weighted by Gasteiger charge is -2.24. The van der Waals surface area contributed by atoms with E-state index in [1.807, 2.05) is 0 Å². The number of hydrogen-bond acceptors (Lipinski definition) is 4. The van der Waals surface area contributed by atoms with Gasteiger partial charge in [0.1, 0.15) is 5.60 Å². The zero-order valence-corrected chi connectivity index (χ0v) is 10.5. The number of ether oxygens (including phenoxy) is 1. The van der Waals surface area contributed by atoms with E-state index in [1.165, 1.54) is 0 Å². The third-order valence-electron chi connectivity index (χ3n) is 2.61. The molecule has 102 valence electrons. The van der Waals surface area contributed by atoms with Crippen LogP contribution in [0.5, 0.6) is 0 Å². The fourth-order valence-electron chi connectivity index (χ4n) is 1.78. The molecule has 18 heavy (non-hydrogen) atoms. The van der Waals surface area contributed by atoms with Crippen molar-refractivity contribution in [3.05, 3.63) is 0 Å². The van der Waals surface area contributed by atoms with E-state index in [9.17, 15) is 14.4 Å². The van der Waals surface area contributed by atoms with Gasteiger partial charge in [-0.05, 0) is 20.8 Å². The molecule has 0 radical (unpaired) electrons. The Bertz CT molecular complexity index is 350. The van der Waals surface area contributed by atoms with E-state index in [2.05, 4.69) is 0 Å². The van der Waals surface area contributed by atoms with Crippen LogP contribution in [-0.4, -0.2) is 51.8 Å². The molecule has 1 rings (SSSR count). The second-order valence-corrected chi connectivity index (χ2v) is 5.27. The Morgan fingerprint density at radius 1 is 1.06 bits per heavy atom. The number of carboxylic acid groups (broad SMARTS) is 2. The van der Waals surface area contributed by atoms with Crippen molar-refractivity contribution >= 4 is 18.0 Å². The van der Waals surface area contributed by atoms with E-state index in [0.717, 1.165) is 4.90 Å². The second kappa shape index (κ2) is 4.83. The fourth-order valence-corrected chi connectivity index (χ4v) is 1.78. The molecule has 0 bridgehead atoms. The summed E-state index contributed by atoms with van der Waals surface area (Å²) in [7, 11) is 0. The summed E-state index contributed by atoms with van der Waals surface area (Å²) in [4.78, 5) is 34.7. The van der Waals surface area contributed by atoms with E-state index >= 15 is 0 Å². The van der Waals surface area contributed by atoms with Gasteiger partial charge in [0, 0.05) is 13.1 Å². The van der Waals surface area contributed by atoms with Crippen molar-refractivity contribution in [3.8, 4) is 0 Å². The predicted octanol–water partition coefficient (Wildman–Crippen LogP) is 0.639. The van der Waals surface area contributed by atoms with Gasteiger partial charge in [-0.2, -0.15) is 0 Å². The third-order valence-corrected chi connectivity index (χ3v) is 2.61. The molecular weight excluding hydrogens is 242 g/mol. The van der Waals surface area contributed by atoms with Crippen LogP contribution in [0.25, 0.3) is 0 Å². The lowest BCUT2D eigenvalue weighted by atomic mass is 9.97. The zero-order valence-electron chi connectivity index (χ0n) is 10.5. The average molecular weight is 259 g/mol. The molecule has 1 amide bonds. The molecule has 1 fully saturated rings. The summed E-state index contributed by atoms with van der Waals surface area (Å²) in [5.41, 5.74) is -0.697. The summed E-state index contributed by atoms with van der Waals surface area (Å²) in [6.45, 7) is 4.78. The van der Waals surface area contributed by atoms with Crippen molar-refractivity contribution in [2.24, 2.45) is 11.8 Å². The Morgan fingerprint density at radius 2 is 1.44 bits per heavy atom. The minimum atomic E-state index is -1.21. The summed E-state index contributed by atoms with van der Waals surface area (Å²) in [6.07, 6.45) is -0.683. The molecule has 0 aromatic carbocycles. The van der Waals surface area contributed by atoms with Gasteiger partial charge in [0.25, 0.3) is 0 Å². The molecule has 1 saturated heterocycles. The van der Waals surface area contributed by atoms with E-state index in [4.69, 9.17) is 14.9 Å². The molecule has 1 heterocycles. The minimum absolute atomic E-state index is 0.138. The van der Waals surface area contributed by atoms with Crippen molar-refractivity contribution in [3.63, 3.8) is 0 Å². The van der Waals surface area contributed by atoms with Crippen molar-refractivity contribution in [1.82, 2.24) is 4.90 Å². The number of hydrogen-bond donors (Lipinski definition) is 2. The number of carboxylic acids is 2. The van der Waals surface area contributed by atoms with Gasteiger partial charge in [-0.15, -0.1) is 0 Å². The van der Waals surface area contributed by atoms with Crippen LogP contribution in [0.2, 0.25) is 0 Å². The number of likely N-dealkylation sites (tertiary alicyclic amines) is 1. The maximum Gasteiger partial charge on any atom is 0.410 e. The van der Waals surface area contributed by atoms with E-state index < -0.39 is 35.5 Å². The standard InChI is InChI=1S/C11H17NO6/c1-11(2,3)18-10(17)12-4-6(8(13)14)7(5-12)9(15)16/h6-7H,4-5H2,1-3H3,(H,13,14)(H,15,16)/t6-,7?/m1/s1. The molecule has 0 saturated carbocycles. The number of nitrogens with zero attached hydrogens (tertiary/aromatic N) is 1. The second-order valence-electron chi connectivity index (χ2n) is 5.27. The molecule has 0 aliphatic carbocycles. The van der Waals surface area contributed by atoms with Gasteiger partial charge < -0.3 is 19.8 Å². The molecule has 1 aliphatic heterocycles. The topological polar surface area (TPSA) is 104 Å². The van der Waals surface area contributed by atoms with Gasteiger partial charge in [-0.3, -0.25) is 9.59 Å². The number of amides is 1. The number of carbonyl (C=O) groups is 3. The van der Waals surface area contributed by atoms with Crippen LogP contribution >= 0.6 is 0 Å². The van der Waals surface area contributed by atoms with Crippen molar-refractivity contribution in [2.75, 3.05) is 13.1 Å². The Hall–Kier alpha value is -1.79. The maximum atomic E-state index is 11.7. The summed E-state index contributed by atoms with van der Waals surface area (Å²) < 4.78 is 5.08. The smallest absolute Gasteiger partial charge is 0.410 e. The zero-order chi connectivity index (χ0) is 14.1. The van der Waals surface area contributed by atoms with Crippen LogP contribution in [0.4, 0.5) is 4.79 Å². The average Bonchev–Trinajstić information content (AvgIpc) is 2.58. The highest BCUT2D eigenvalue weighted by Crippen LogP contribution is 2.25. The molecule has 2 atom stereocenters. The van der Waals surface area contributed by atoms with Crippen molar-refractivity contribution < 1.29 is 29.3 Å². The van der Waals surface area contributed by atoms with Gasteiger partial charge in [0.15, 0.2) is 0 Å². The van der Waals surface area contributed by atoms with Crippen LogP contribution in [0.15, 0.2) is 0 Å². The first-order chi connectivity index (χ1) is 8.11. The van der Waals surface area contributed by atoms with Gasteiger partial charge in [0.05, 0.1) is 11.8 Å². The van der Waals surface area contributed by atoms with Crippen LogP contribution in [0, 0.1) is 11.8 Å². The van der Waals surface area contributed by atoms with Crippen LogP contribution in [0.1, 0.15) is 20.8 Å². The fraction of sp³-hybridized carbons (Fsp3) is 0.727. The number of rotatable bonds is 2. The van der Waals surface area contributed by atoms with E-state index in [1.54, 1.807) is 20.8 Å². The molecule has 7 heteroatoms. The number of carbonyl (C=O) groups excluding carboxylic acids is 1. The Morgan fingerprint density at radius 3 is 1.72 bits per heavy atom. The largest absolute Gasteiger partial charge is 0.481 e. The van der Waals surface area contributed by atoms with Gasteiger partial charge >= 0.3 is 18.0 Å². The number of aliphatic carboxylic acids is 2. The molecule has 2 N–H and O–H groups in total. The minimum Gasteiger partial charge on any atom is -0.481 e. The molecule has 0 aromatic heterocycles. The van der Waals surface area contributed by atoms with E-state index in [-0.39, 0.29) is 13.1 Å². The Labute approximate surface area is 104 Å². The third kappa shape index (κ3) is 3.35. The van der Waals surface area contributed by atoms with Gasteiger partial charge in [-0.1, -0.05) is 0 Å². The molecule has 0 spiro atoms.